The number of amides is 1. The Bertz CT molecular complexity index is 1290. The van der Waals surface area contributed by atoms with Crippen LogP contribution in [0.25, 0.3) is 0 Å². The highest BCUT2D eigenvalue weighted by atomic mass is 16.7. The lowest BCUT2D eigenvalue weighted by Crippen LogP contribution is -2.60. The van der Waals surface area contributed by atoms with Crippen LogP contribution in [0.2, 0.25) is 0 Å². The molecule has 0 aromatic rings. The minimum atomic E-state index is -1.58. The molecule has 1 heterocycles. The van der Waals surface area contributed by atoms with E-state index in [0.717, 1.165) is 89.9 Å². The van der Waals surface area contributed by atoms with Crippen LogP contribution in [0.1, 0.15) is 206 Å². The zero-order chi connectivity index (χ0) is 47.3. The minimum Gasteiger partial charge on any atom is -0.394 e. The molecule has 1 rings (SSSR count). The molecular weight excluding hydrogens is 815 g/mol. The Balaban J connectivity index is 2.34. The summed E-state index contributed by atoms with van der Waals surface area (Å²) in [6.45, 7) is 3.63. The number of hydrogen-bond acceptors (Lipinski definition) is 8. The third-order valence-corrected chi connectivity index (χ3v) is 11.9. The number of unbranched alkanes of at least 4 members (excludes halogenated alkanes) is 21. The summed E-state index contributed by atoms with van der Waals surface area (Å²) in [5.41, 5.74) is 0. The molecule has 0 radical (unpaired) electrons. The maximum absolute atomic E-state index is 13.0. The van der Waals surface area contributed by atoms with E-state index in [1.165, 1.54) is 96.3 Å². The first kappa shape index (κ1) is 60.4. The maximum Gasteiger partial charge on any atom is 0.220 e. The highest BCUT2D eigenvalue weighted by molar-refractivity contribution is 5.76. The number of carbonyl (C=O) groups is 1. The van der Waals surface area contributed by atoms with E-state index in [4.69, 9.17) is 9.47 Å². The normalized spacial score (nSPS) is 20.6. The van der Waals surface area contributed by atoms with Crippen molar-refractivity contribution in [3.8, 4) is 0 Å². The Morgan fingerprint density at radius 3 is 1.48 bits per heavy atom. The lowest BCUT2D eigenvalue weighted by Gasteiger charge is -2.40. The number of hydrogen-bond donors (Lipinski definition) is 6. The quantitative estimate of drug-likeness (QED) is 0.0262. The molecule has 1 aliphatic heterocycles. The smallest absolute Gasteiger partial charge is 0.220 e. The molecule has 1 amide bonds. The number of aliphatic hydroxyl groups excluding tert-OH is 5. The Hall–Kier alpha value is -2.63. The Morgan fingerprint density at radius 2 is 0.969 bits per heavy atom. The fourth-order valence-corrected chi connectivity index (χ4v) is 7.77. The van der Waals surface area contributed by atoms with Crippen LogP contribution in [-0.4, -0.2) is 87.5 Å². The van der Waals surface area contributed by atoms with Crippen molar-refractivity contribution >= 4 is 5.91 Å². The first-order valence-electron chi connectivity index (χ1n) is 26.3. The molecule has 7 atom stereocenters. The summed E-state index contributed by atoms with van der Waals surface area (Å²) in [5, 5.41) is 54.4. The van der Waals surface area contributed by atoms with Crippen molar-refractivity contribution in [2.45, 2.75) is 249 Å². The van der Waals surface area contributed by atoms with Gasteiger partial charge in [0.25, 0.3) is 0 Å². The fourth-order valence-electron chi connectivity index (χ4n) is 7.77. The van der Waals surface area contributed by atoms with Crippen LogP contribution in [0.15, 0.2) is 85.1 Å². The second kappa shape index (κ2) is 45.2. The van der Waals surface area contributed by atoms with E-state index in [2.05, 4.69) is 92.1 Å². The van der Waals surface area contributed by atoms with Crippen LogP contribution in [0.3, 0.4) is 0 Å². The second-order valence-corrected chi connectivity index (χ2v) is 17.9. The number of carbonyl (C=O) groups excluding carboxylic acids is 1. The van der Waals surface area contributed by atoms with Gasteiger partial charge in [-0.15, -0.1) is 0 Å². The monoisotopic (exact) mass is 912 g/mol. The van der Waals surface area contributed by atoms with Gasteiger partial charge in [0, 0.05) is 6.42 Å². The van der Waals surface area contributed by atoms with Crippen LogP contribution >= 0.6 is 0 Å². The first-order chi connectivity index (χ1) is 31.8. The topological polar surface area (TPSA) is 149 Å². The molecular formula is C56H97NO8. The fraction of sp³-hybridized carbons (Fsp3) is 0.732. The summed E-state index contributed by atoms with van der Waals surface area (Å²) in [5.74, 6) is -0.202. The molecule has 0 bridgehead atoms. The van der Waals surface area contributed by atoms with E-state index in [1.807, 2.05) is 6.08 Å². The van der Waals surface area contributed by atoms with E-state index < -0.39 is 49.5 Å². The van der Waals surface area contributed by atoms with E-state index in [-0.39, 0.29) is 12.5 Å². The lowest BCUT2D eigenvalue weighted by molar-refractivity contribution is -0.302. The summed E-state index contributed by atoms with van der Waals surface area (Å²) in [7, 11) is 0. The number of ether oxygens (including phenoxy) is 2. The molecule has 6 N–H and O–H groups in total. The number of allylic oxidation sites excluding steroid dienone is 13. The zero-order valence-corrected chi connectivity index (χ0v) is 41.2. The molecule has 1 saturated heterocycles. The third-order valence-electron chi connectivity index (χ3n) is 11.9. The van der Waals surface area contributed by atoms with Crippen molar-refractivity contribution in [1.82, 2.24) is 5.32 Å². The molecule has 65 heavy (non-hydrogen) atoms. The standard InChI is InChI=1S/C56H97NO8/c1-3-5-7-9-11-13-15-17-19-21-23-25-27-29-31-33-35-37-39-41-43-45-50(59)49(48-64-56-55(63)54(62)53(61)51(47-58)65-56)57-52(60)46-44-42-40-38-36-34-32-30-28-26-24-22-20-18-16-14-12-10-8-6-4-2/h6,8,12,14,18,20,24,26-27,29,35,37,43,45,49-51,53-56,58-59,61-63H,3-5,7,9-11,13,15-17,19,21-23,25,28,30-34,36,38-42,44,46-48H2,1-2H3,(H,57,60)/b8-6-,14-12-,20-18-,26-24-,29-27+,37-35+,45-43+. The van der Waals surface area contributed by atoms with Gasteiger partial charge in [0.05, 0.1) is 25.4 Å². The molecule has 9 nitrogen and oxygen atoms in total. The van der Waals surface area contributed by atoms with Crippen LogP contribution < -0.4 is 5.32 Å². The van der Waals surface area contributed by atoms with Crippen LogP contribution in [-0.2, 0) is 14.3 Å². The summed E-state index contributed by atoms with van der Waals surface area (Å²) in [6, 6.07) is -0.838. The van der Waals surface area contributed by atoms with E-state index in [0.29, 0.717) is 6.42 Å². The number of nitrogens with one attached hydrogen (secondary N) is 1. The average molecular weight is 912 g/mol. The molecule has 0 saturated carbocycles. The number of rotatable bonds is 43. The largest absolute Gasteiger partial charge is 0.394 e. The van der Waals surface area contributed by atoms with Gasteiger partial charge in [-0.25, -0.2) is 0 Å². The second-order valence-electron chi connectivity index (χ2n) is 17.9. The Labute approximate surface area is 397 Å². The van der Waals surface area contributed by atoms with Gasteiger partial charge in [-0.05, 0) is 83.5 Å². The van der Waals surface area contributed by atoms with Crippen LogP contribution in [0.5, 0.6) is 0 Å². The first-order valence-corrected chi connectivity index (χ1v) is 26.3. The molecule has 374 valence electrons. The van der Waals surface area contributed by atoms with Gasteiger partial charge < -0.3 is 40.3 Å². The predicted octanol–water partition coefficient (Wildman–Crippen LogP) is 12.3. The molecule has 7 unspecified atom stereocenters. The highest BCUT2D eigenvalue weighted by Gasteiger charge is 2.44. The van der Waals surface area contributed by atoms with Gasteiger partial charge in [0.1, 0.15) is 24.4 Å². The van der Waals surface area contributed by atoms with Crippen molar-refractivity contribution < 1.29 is 39.8 Å². The number of aliphatic hydroxyl groups is 5. The van der Waals surface area contributed by atoms with Crippen molar-refractivity contribution in [2.24, 2.45) is 0 Å². The zero-order valence-electron chi connectivity index (χ0n) is 41.2. The van der Waals surface area contributed by atoms with Gasteiger partial charge in [0.15, 0.2) is 6.29 Å². The van der Waals surface area contributed by atoms with Crippen molar-refractivity contribution in [3.63, 3.8) is 0 Å². The lowest BCUT2D eigenvalue weighted by atomic mass is 9.99. The molecule has 0 aliphatic carbocycles. The van der Waals surface area contributed by atoms with Crippen molar-refractivity contribution in [3.05, 3.63) is 85.1 Å². The van der Waals surface area contributed by atoms with Gasteiger partial charge in [-0.3, -0.25) is 4.79 Å². The van der Waals surface area contributed by atoms with E-state index >= 15 is 0 Å². The highest BCUT2D eigenvalue weighted by Crippen LogP contribution is 2.22. The Morgan fingerprint density at radius 1 is 0.538 bits per heavy atom. The molecule has 9 heteroatoms. The van der Waals surface area contributed by atoms with E-state index in [9.17, 15) is 30.3 Å². The predicted molar refractivity (Wildman–Crippen MR) is 271 cm³/mol. The average Bonchev–Trinajstić information content (AvgIpc) is 3.31. The van der Waals surface area contributed by atoms with Gasteiger partial charge in [0.2, 0.25) is 5.91 Å². The van der Waals surface area contributed by atoms with Gasteiger partial charge in [-0.1, -0.05) is 202 Å². The third kappa shape index (κ3) is 35.2. The van der Waals surface area contributed by atoms with E-state index in [1.54, 1.807) is 6.08 Å². The molecule has 0 aromatic heterocycles. The Kier molecular flexibility index (Phi) is 42.0. The maximum atomic E-state index is 13.0. The summed E-state index contributed by atoms with van der Waals surface area (Å²) in [4.78, 5) is 13.0. The van der Waals surface area contributed by atoms with Crippen LogP contribution in [0, 0.1) is 0 Å². The van der Waals surface area contributed by atoms with Gasteiger partial charge in [-0.2, -0.15) is 0 Å². The molecule has 0 aromatic carbocycles. The van der Waals surface area contributed by atoms with Crippen molar-refractivity contribution in [2.75, 3.05) is 13.2 Å². The van der Waals surface area contributed by atoms with Crippen LogP contribution in [0.4, 0.5) is 0 Å². The molecule has 1 aliphatic rings. The summed E-state index contributed by atoms with van der Waals surface area (Å²) in [6.07, 6.45) is 56.3. The van der Waals surface area contributed by atoms with Gasteiger partial charge >= 0.3 is 0 Å². The summed E-state index contributed by atoms with van der Waals surface area (Å²) < 4.78 is 11.2. The molecule has 1 fully saturated rings. The minimum absolute atomic E-state index is 0.202. The summed E-state index contributed by atoms with van der Waals surface area (Å²) >= 11 is 0. The van der Waals surface area contributed by atoms with Crippen molar-refractivity contribution in [1.29, 1.82) is 0 Å². The molecule has 0 spiro atoms. The SMILES string of the molecule is CC/C=C\C/C=C\C/C=C\C/C=C\CCCCCCCCCCC(=O)NC(COC1OC(CO)C(O)C(O)C1O)C(O)/C=C/CC/C=C/CC/C=C/CCCCCCCCCCCCC.